The topological polar surface area (TPSA) is 136 Å². The summed E-state index contributed by atoms with van der Waals surface area (Å²) in [6, 6.07) is 7.85. The SMILES string of the molecule is COc1cccc2[nH]c(C(=O)NC(C(=O)N[C@H](C#N)C[C@@H]3CCNC3=O)C3CC4CC4C3)cc12. The minimum absolute atomic E-state index is 0.0285. The summed E-state index contributed by atoms with van der Waals surface area (Å²) in [4.78, 5) is 41.5. The highest BCUT2D eigenvalue weighted by molar-refractivity contribution is 6.01. The number of carbonyl (C=O) groups is 3. The van der Waals surface area contributed by atoms with Crippen molar-refractivity contribution in [2.75, 3.05) is 13.7 Å². The second-order valence-corrected chi connectivity index (χ2v) is 9.75. The monoisotopic (exact) mass is 463 g/mol. The van der Waals surface area contributed by atoms with Gasteiger partial charge in [-0.15, -0.1) is 0 Å². The lowest BCUT2D eigenvalue weighted by atomic mass is 9.92. The van der Waals surface area contributed by atoms with E-state index in [0.717, 1.165) is 23.7 Å². The number of hydrogen-bond acceptors (Lipinski definition) is 5. The van der Waals surface area contributed by atoms with Gasteiger partial charge in [0.15, 0.2) is 0 Å². The number of methoxy groups -OCH3 is 1. The van der Waals surface area contributed by atoms with Gasteiger partial charge >= 0.3 is 0 Å². The van der Waals surface area contributed by atoms with Crippen molar-refractivity contribution in [2.45, 2.75) is 44.2 Å². The van der Waals surface area contributed by atoms with Crippen LogP contribution in [0.25, 0.3) is 10.9 Å². The Kier molecular flexibility index (Phi) is 5.90. The molecule has 1 aromatic carbocycles. The molecule has 3 fully saturated rings. The van der Waals surface area contributed by atoms with Gasteiger partial charge in [-0.1, -0.05) is 6.07 Å². The molecule has 1 saturated heterocycles. The highest BCUT2D eigenvalue weighted by Gasteiger charge is 2.49. The van der Waals surface area contributed by atoms with Crippen LogP contribution in [0.15, 0.2) is 24.3 Å². The van der Waals surface area contributed by atoms with Crippen molar-refractivity contribution in [2.24, 2.45) is 23.7 Å². The standard InChI is InChI=1S/C25H29N5O4/c1-34-21-4-2-3-19-18(21)11-20(29-19)24(32)30-22(16-8-14-7-15(14)9-16)25(33)28-17(12-26)10-13-5-6-27-23(13)31/h2-4,11,13-17,22,29H,5-10H2,1H3,(H,27,31)(H,28,33)(H,30,32)/t13-,14?,15?,16?,17-,22?/m0/s1. The molecule has 34 heavy (non-hydrogen) atoms. The van der Waals surface area contributed by atoms with Crippen LogP contribution in [0.2, 0.25) is 0 Å². The molecule has 2 saturated carbocycles. The number of aromatic amines is 1. The Morgan fingerprint density at radius 1 is 1.24 bits per heavy atom. The van der Waals surface area contributed by atoms with Gasteiger partial charge in [-0.2, -0.15) is 5.26 Å². The minimum atomic E-state index is -0.783. The van der Waals surface area contributed by atoms with Gasteiger partial charge in [0.1, 0.15) is 23.5 Å². The van der Waals surface area contributed by atoms with E-state index in [1.165, 1.54) is 6.42 Å². The van der Waals surface area contributed by atoms with E-state index in [9.17, 15) is 19.6 Å². The first-order chi connectivity index (χ1) is 16.5. The molecule has 5 atom stereocenters. The second-order valence-electron chi connectivity index (χ2n) is 9.75. The zero-order chi connectivity index (χ0) is 23.8. The maximum Gasteiger partial charge on any atom is 0.268 e. The molecule has 9 nitrogen and oxygen atoms in total. The average molecular weight is 464 g/mol. The second kappa shape index (κ2) is 9.01. The van der Waals surface area contributed by atoms with Crippen LogP contribution in [-0.2, 0) is 9.59 Å². The molecule has 1 aliphatic heterocycles. The van der Waals surface area contributed by atoms with Gasteiger partial charge in [0, 0.05) is 23.4 Å². The molecule has 1 aromatic heterocycles. The number of nitrogens with zero attached hydrogens (tertiary/aromatic N) is 1. The Labute approximate surface area is 197 Å². The normalized spacial score (nSPS) is 26.8. The summed E-state index contributed by atoms with van der Waals surface area (Å²) >= 11 is 0. The molecule has 5 rings (SSSR count). The predicted molar refractivity (Wildman–Crippen MR) is 124 cm³/mol. The van der Waals surface area contributed by atoms with Gasteiger partial charge < -0.3 is 25.7 Å². The van der Waals surface area contributed by atoms with Gasteiger partial charge in [0.25, 0.3) is 5.91 Å². The van der Waals surface area contributed by atoms with Gasteiger partial charge in [0.2, 0.25) is 11.8 Å². The number of aromatic nitrogens is 1. The van der Waals surface area contributed by atoms with E-state index >= 15 is 0 Å². The lowest BCUT2D eigenvalue weighted by molar-refractivity contribution is -0.126. The summed E-state index contributed by atoms with van der Waals surface area (Å²) in [5.74, 6) is 0.849. The van der Waals surface area contributed by atoms with Crippen LogP contribution < -0.4 is 20.7 Å². The maximum atomic E-state index is 13.3. The number of benzene rings is 1. The lowest BCUT2D eigenvalue weighted by Gasteiger charge is -2.26. The van der Waals surface area contributed by atoms with Crippen molar-refractivity contribution in [1.29, 1.82) is 5.26 Å². The van der Waals surface area contributed by atoms with Crippen molar-refractivity contribution in [1.82, 2.24) is 20.9 Å². The van der Waals surface area contributed by atoms with Crippen molar-refractivity contribution in [3.63, 3.8) is 0 Å². The first kappa shape index (κ1) is 22.3. The summed E-state index contributed by atoms with van der Waals surface area (Å²) in [6.45, 7) is 0.592. The molecule has 2 heterocycles. The molecule has 0 spiro atoms. The lowest BCUT2D eigenvalue weighted by Crippen LogP contribution is -2.53. The molecular weight excluding hydrogens is 434 g/mol. The van der Waals surface area contributed by atoms with Gasteiger partial charge in [-0.05, 0) is 68.1 Å². The number of hydrogen-bond donors (Lipinski definition) is 4. The van der Waals surface area contributed by atoms with Crippen molar-refractivity contribution in [3.8, 4) is 11.8 Å². The molecule has 0 radical (unpaired) electrons. The Morgan fingerprint density at radius 3 is 2.71 bits per heavy atom. The Bertz CT molecular complexity index is 1160. The number of amides is 3. The van der Waals surface area contributed by atoms with Crippen molar-refractivity contribution >= 4 is 28.6 Å². The highest BCUT2D eigenvalue weighted by atomic mass is 16.5. The van der Waals surface area contributed by atoms with Crippen LogP contribution in [0.3, 0.4) is 0 Å². The molecule has 0 bridgehead atoms. The number of ether oxygens (including phenoxy) is 1. The van der Waals surface area contributed by atoms with Crippen LogP contribution in [-0.4, -0.2) is 48.4 Å². The number of nitrogens with one attached hydrogen (secondary N) is 4. The first-order valence-electron chi connectivity index (χ1n) is 11.9. The van der Waals surface area contributed by atoms with Gasteiger partial charge in [-0.3, -0.25) is 14.4 Å². The molecule has 178 valence electrons. The minimum Gasteiger partial charge on any atom is -0.496 e. The quantitative estimate of drug-likeness (QED) is 0.474. The molecular formula is C25H29N5O4. The fourth-order valence-electron chi connectivity index (χ4n) is 5.64. The van der Waals surface area contributed by atoms with E-state index in [-0.39, 0.29) is 36.0 Å². The third kappa shape index (κ3) is 4.32. The van der Waals surface area contributed by atoms with E-state index in [4.69, 9.17) is 4.74 Å². The Balaban J connectivity index is 1.31. The molecule has 2 aromatic rings. The number of rotatable bonds is 8. The van der Waals surface area contributed by atoms with Gasteiger partial charge in [-0.25, -0.2) is 0 Å². The van der Waals surface area contributed by atoms with E-state index in [2.05, 4.69) is 27.0 Å². The summed E-state index contributed by atoms with van der Waals surface area (Å²) in [5.41, 5.74) is 1.12. The van der Waals surface area contributed by atoms with E-state index < -0.39 is 12.1 Å². The summed E-state index contributed by atoms with van der Waals surface area (Å²) in [7, 11) is 1.58. The number of nitriles is 1. The largest absolute Gasteiger partial charge is 0.496 e. The van der Waals surface area contributed by atoms with Crippen molar-refractivity contribution < 1.29 is 19.1 Å². The number of fused-ring (bicyclic) bond motifs is 2. The Hall–Kier alpha value is -3.54. The van der Waals surface area contributed by atoms with Crippen LogP contribution in [0.5, 0.6) is 5.75 Å². The maximum absolute atomic E-state index is 13.3. The molecule has 3 amide bonds. The van der Waals surface area contributed by atoms with Crippen LogP contribution in [0, 0.1) is 35.0 Å². The van der Waals surface area contributed by atoms with Crippen LogP contribution >= 0.6 is 0 Å². The zero-order valence-electron chi connectivity index (χ0n) is 19.1. The molecule has 4 N–H and O–H groups in total. The van der Waals surface area contributed by atoms with Crippen molar-refractivity contribution in [3.05, 3.63) is 30.0 Å². The fourth-order valence-corrected chi connectivity index (χ4v) is 5.64. The summed E-state index contributed by atoms with van der Waals surface area (Å²) in [6.07, 6.45) is 3.91. The smallest absolute Gasteiger partial charge is 0.268 e. The third-order valence-electron chi connectivity index (χ3n) is 7.56. The average Bonchev–Trinajstić information content (AvgIpc) is 3.18. The van der Waals surface area contributed by atoms with E-state index in [0.29, 0.717) is 36.2 Å². The zero-order valence-corrected chi connectivity index (χ0v) is 19.1. The van der Waals surface area contributed by atoms with E-state index in [1.54, 1.807) is 13.2 Å². The number of carbonyl (C=O) groups excluding carboxylic acids is 3. The highest BCUT2D eigenvalue weighted by Crippen LogP contribution is 2.55. The molecule has 9 heteroatoms. The molecule has 3 aliphatic rings. The van der Waals surface area contributed by atoms with Crippen LogP contribution in [0.4, 0.5) is 0 Å². The summed E-state index contributed by atoms with van der Waals surface area (Å²) < 4.78 is 5.38. The van der Waals surface area contributed by atoms with Crippen LogP contribution in [0.1, 0.15) is 42.6 Å². The first-order valence-corrected chi connectivity index (χ1v) is 11.9. The fraction of sp³-hybridized carbons (Fsp3) is 0.520. The Morgan fingerprint density at radius 2 is 2.03 bits per heavy atom. The predicted octanol–water partition coefficient (Wildman–Crippen LogP) is 1.86. The van der Waals surface area contributed by atoms with E-state index in [1.807, 2.05) is 18.2 Å². The molecule has 2 aliphatic carbocycles. The summed E-state index contributed by atoms with van der Waals surface area (Å²) in [5, 5.41) is 18.9. The third-order valence-corrected chi connectivity index (χ3v) is 7.56. The number of H-pyrrole nitrogens is 1. The van der Waals surface area contributed by atoms with Gasteiger partial charge in [0.05, 0.1) is 13.2 Å². The molecule has 3 unspecified atom stereocenters.